The van der Waals surface area contributed by atoms with Crippen molar-refractivity contribution in [1.29, 1.82) is 0 Å². The largest absolute Gasteiger partial charge is 0.393 e. The lowest BCUT2D eigenvalue weighted by Gasteiger charge is -2.07. The third-order valence-electron chi connectivity index (χ3n) is 2.64. The molecular formula is C12H17N3OS. The molecule has 92 valence electrons. The highest BCUT2D eigenvalue weighted by Crippen LogP contribution is 2.12. The number of nitrogens with zero attached hydrogens (tertiary/aromatic N) is 3. The number of aliphatic hydroxyl groups is 1. The van der Waals surface area contributed by atoms with Gasteiger partial charge in [-0.1, -0.05) is 0 Å². The van der Waals surface area contributed by atoms with Crippen LogP contribution in [0.25, 0.3) is 0 Å². The Morgan fingerprint density at radius 1 is 1.53 bits per heavy atom. The van der Waals surface area contributed by atoms with Gasteiger partial charge in [0.1, 0.15) is 0 Å². The van der Waals surface area contributed by atoms with Crippen molar-refractivity contribution in [3.8, 4) is 0 Å². The van der Waals surface area contributed by atoms with Crippen molar-refractivity contribution in [2.24, 2.45) is 7.05 Å². The first-order valence-corrected chi connectivity index (χ1v) is 6.58. The van der Waals surface area contributed by atoms with Gasteiger partial charge in [0.05, 0.1) is 23.0 Å². The SMILES string of the molecule is Cc1nc(CC(O)CCc2cnn(C)c2)cs1. The molecule has 0 saturated carbocycles. The number of aromatic nitrogens is 3. The maximum atomic E-state index is 9.92. The van der Waals surface area contributed by atoms with E-state index in [0.29, 0.717) is 6.42 Å². The molecule has 0 bridgehead atoms. The van der Waals surface area contributed by atoms with E-state index in [1.165, 1.54) is 5.56 Å². The van der Waals surface area contributed by atoms with E-state index >= 15 is 0 Å². The van der Waals surface area contributed by atoms with E-state index in [1.54, 1.807) is 16.0 Å². The Labute approximate surface area is 105 Å². The van der Waals surface area contributed by atoms with Crippen LogP contribution in [0.2, 0.25) is 0 Å². The van der Waals surface area contributed by atoms with Crippen LogP contribution in [0.15, 0.2) is 17.8 Å². The van der Waals surface area contributed by atoms with Crippen LogP contribution in [-0.4, -0.2) is 26.0 Å². The molecule has 0 amide bonds. The monoisotopic (exact) mass is 251 g/mol. The summed E-state index contributed by atoms with van der Waals surface area (Å²) in [5.74, 6) is 0. The summed E-state index contributed by atoms with van der Waals surface area (Å²) in [6.45, 7) is 1.98. The Kier molecular flexibility index (Phi) is 3.91. The highest BCUT2D eigenvalue weighted by Gasteiger charge is 2.09. The van der Waals surface area contributed by atoms with Crippen LogP contribution in [-0.2, 0) is 19.9 Å². The summed E-state index contributed by atoms with van der Waals surface area (Å²) < 4.78 is 1.78. The topological polar surface area (TPSA) is 50.9 Å². The number of rotatable bonds is 5. The van der Waals surface area contributed by atoms with Crippen LogP contribution in [0.5, 0.6) is 0 Å². The Bertz CT molecular complexity index is 478. The van der Waals surface area contributed by atoms with Crippen molar-refractivity contribution in [2.75, 3.05) is 0 Å². The molecule has 0 radical (unpaired) electrons. The Morgan fingerprint density at radius 3 is 2.94 bits per heavy atom. The Hall–Kier alpha value is -1.20. The second kappa shape index (κ2) is 5.42. The lowest BCUT2D eigenvalue weighted by atomic mass is 10.1. The highest BCUT2D eigenvalue weighted by atomic mass is 32.1. The predicted molar refractivity (Wildman–Crippen MR) is 68.1 cm³/mol. The molecule has 0 aliphatic carbocycles. The molecule has 1 atom stereocenters. The fourth-order valence-electron chi connectivity index (χ4n) is 1.78. The number of aliphatic hydroxyl groups excluding tert-OH is 1. The smallest absolute Gasteiger partial charge is 0.0897 e. The van der Waals surface area contributed by atoms with E-state index in [2.05, 4.69) is 10.1 Å². The highest BCUT2D eigenvalue weighted by molar-refractivity contribution is 7.09. The van der Waals surface area contributed by atoms with E-state index in [-0.39, 0.29) is 6.10 Å². The molecule has 2 aromatic heterocycles. The molecule has 17 heavy (non-hydrogen) atoms. The van der Waals surface area contributed by atoms with Crippen LogP contribution in [0, 0.1) is 6.92 Å². The van der Waals surface area contributed by atoms with Gasteiger partial charge in [-0.3, -0.25) is 4.68 Å². The molecule has 4 nitrogen and oxygen atoms in total. The molecule has 2 heterocycles. The molecule has 1 N–H and O–H groups in total. The van der Waals surface area contributed by atoms with Crippen LogP contribution < -0.4 is 0 Å². The molecule has 2 aromatic rings. The van der Waals surface area contributed by atoms with Gasteiger partial charge >= 0.3 is 0 Å². The molecule has 2 rings (SSSR count). The van der Waals surface area contributed by atoms with Gasteiger partial charge in [0.15, 0.2) is 0 Å². The van der Waals surface area contributed by atoms with Crippen molar-refractivity contribution in [1.82, 2.24) is 14.8 Å². The van der Waals surface area contributed by atoms with Crippen molar-refractivity contribution in [2.45, 2.75) is 32.3 Å². The maximum absolute atomic E-state index is 9.92. The van der Waals surface area contributed by atoms with Gasteiger partial charge < -0.3 is 5.11 Å². The molecule has 0 spiro atoms. The van der Waals surface area contributed by atoms with Crippen LogP contribution >= 0.6 is 11.3 Å². The zero-order valence-corrected chi connectivity index (χ0v) is 10.9. The van der Waals surface area contributed by atoms with Crippen molar-refractivity contribution in [3.05, 3.63) is 34.0 Å². The Morgan fingerprint density at radius 2 is 2.35 bits per heavy atom. The second-order valence-corrected chi connectivity index (χ2v) is 5.34. The summed E-state index contributed by atoms with van der Waals surface area (Å²) in [6, 6.07) is 0. The first-order valence-electron chi connectivity index (χ1n) is 5.70. The first-order chi connectivity index (χ1) is 8.13. The quantitative estimate of drug-likeness (QED) is 0.880. The minimum Gasteiger partial charge on any atom is -0.393 e. The van der Waals surface area contributed by atoms with Crippen molar-refractivity contribution >= 4 is 11.3 Å². The number of hydrogen-bond donors (Lipinski definition) is 1. The summed E-state index contributed by atoms with van der Waals surface area (Å²) in [5.41, 5.74) is 2.16. The summed E-state index contributed by atoms with van der Waals surface area (Å²) in [6.07, 6.45) is 5.77. The van der Waals surface area contributed by atoms with Gasteiger partial charge in [0.2, 0.25) is 0 Å². The molecule has 0 saturated heterocycles. The summed E-state index contributed by atoms with van der Waals surface area (Å²) >= 11 is 1.63. The normalized spacial score (nSPS) is 12.9. The molecule has 0 fully saturated rings. The molecule has 1 unspecified atom stereocenters. The van der Waals surface area contributed by atoms with E-state index < -0.39 is 0 Å². The van der Waals surface area contributed by atoms with Crippen LogP contribution in [0.1, 0.15) is 22.7 Å². The van der Waals surface area contributed by atoms with Crippen LogP contribution in [0.3, 0.4) is 0 Å². The fourth-order valence-corrected chi connectivity index (χ4v) is 2.41. The minimum absolute atomic E-state index is 0.322. The van der Waals surface area contributed by atoms with E-state index in [0.717, 1.165) is 23.5 Å². The van der Waals surface area contributed by atoms with Gasteiger partial charge in [-0.15, -0.1) is 11.3 Å². The second-order valence-electron chi connectivity index (χ2n) is 4.28. The third-order valence-corrected chi connectivity index (χ3v) is 3.46. The zero-order chi connectivity index (χ0) is 12.3. The minimum atomic E-state index is -0.322. The van der Waals surface area contributed by atoms with Gasteiger partial charge in [0, 0.05) is 25.0 Å². The summed E-state index contributed by atoms with van der Waals surface area (Å²) in [5, 5.41) is 17.1. The average molecular weight is 251 g/mol. The van der Waals surface area contributed by atoms with E-state index in [9.17, 15) is 5.11 Å². The van der Waals surface area contributed by atoms with Crippen molar-refractivity contribution in [3.63, 3.8) is 0 Å². The number of thiazole rings is 1. The number of hydrogen-bond acceptors (Lipinski definition) is 4. The van der Waals surface area contributed by atoms with Gasteiger partial charge in [-0.05, 0) is 25.3 Å². The van der Waals surface area contributed by atoms with E-state index in [1.807, 2.05) is 31.7 Å². The third kappa shape index (κ3) is 3.64. The van der Waals surface area contributed by atoms with Gasteiger partial charge in [0.25, 0.3) is 0 Å². The molecule has 0 aromatic carbocycles. The summed E-state index contributed by atoms with van der Waals surface area (Å²) in [7, 11) is 1.90. The lowest BCUT2D eigenvalue weighted by molar-refractivity contribution is 0.164. The maximum Gasteiger partial charge on any atom is 0.0897 e. The van der Waals surface area contributed by atoms with Gasteiger partial charge in [-0.2, -0.15) is 5.10 Å². The molecule has 5 heteroatoms. The van der Waals surface area contributed by atoms with Crippen molar-refractivity contribution < 1.29 is 5.11 Å². The zero-order valence-electron chi connectivity index (χ0n) is 10.1. The average Bonchev–Trinajstić information content (AvgIpc) is 2.85. The Balaban J connectivity index is 1.79. The molecular weight excluding hydrogens is 234 g/mol. The standard InChI is InChI=1S/C12H17N3OS/c1-9-14-11(8-17-9)5-12(16)4-3-10-6-13-15(2)7-10/h6-8,12,16H,3-5H2,1-2H3. The van der Waals surface area contributed by atoms with E-state index in [4.69, 9.17) is 0 Å². The molecule has 0 aliphatic rings. The summed E-state index contributed by atoms with van der Waals surface area (Å²) in [4.78, 5) is 4.35. The fraction of sp³-hybridized carbons (Fsp3) is 0.500. The van der Waals surface area contributed by atoms with Gasteiger partial charge in [-0.25, -0.2) is 4.98 Å². The first kappa shape index (κ1) is 12.3. The molecule has 0 aliphatic heterocycles. The predicted octanol–water partition coefficient (Wildman–Crippen LogP) is 1.72. The van der Waals surface area contributed by atoms with Crippen LogP contribution in [0.4, 0.5) is 0 Å². The lowest BCUT2D eigenvalue weighted by Crippen LogP contribution is -2.11. The number of aryl methyl sites for hydroxylation is 3.